The zero-order valence-corrected chi connectivity index (χ0v) is 26.0. The maximum absolute atomic E-state index is 14.6. The first-order valence-electron chi connectivity index (χ1n) is 14.1. The number of pyridine rings is 1. The number of aryl methyl sites for hydroxylation is 1. The Hall–Kier alpha value is -5.10. The normalized spacial score (nSPS) is 12.8. The summed E-state index contributed by atoms with van der Waals surface area (Å²) < 4.78 is 76.3. The van der Waals surface area contributed by atoms with Crippen molar-refractivity contribution in [1.82, 2.24) is 9.88 Å². The van der Waals surface area contributed by atoms with Crippen molar-refractivity contribution in [3.8, 4) is 22.5 Å². The number of anilines is 1. The molecule has 46 heavy (non-hydrogen) atoms. The van der Waals surface area contributed by atoms with Gasteiger partial charge in [-0.1, -0.05) is 42.0 Å². The third kappa shape index (κ3) is 5.28. The molecular weight excluding hydrogens is 619 g/mol. The molecule has 236 valence electrons. The first-order chi connectivity index (χ1) is 21.8. The predicted molar refractivity (Wildman–Crippen MR) is 172 cm³/mol. The van der Waals surface area contributed by atoms with Crippen LogP contribution in [0.15, 0.2) is 76.1 Å². The Morgan fingerprint density at radius 1 is 1.04 bits per heavy atom. The van der Waals surface area contributed by atoms with Crippen molar-refractivity contribution in [1.29, 1.82) is 0 Å². The number of aromatic nitrogens is 1. The summed E-state index contributed by atoms with van der Waals surface area (Å²) in [4.78, 5) is 26.6. The number of hydrogen-bond acceptors (Lipinski definition) is 5. The highest BCUT2D eigenvalue weighted by Gasteiger charge is 2.28. The Morgan fingerprint density at radius 3 is 2.39 bits per heavy atom. The lowest BCUT2D eigenvalue weighted by Gasteiger charge is -2.21. The van der Waals surface area contributed by atoms with Crippen LogP contribution >= 0.6 is 0 Å². The van der Waals surface area contributed by atoms with Gasteiger partial charge < -0.3 is 9.73 Å². The van der Waals surface area contributed by atoms with E-state index in [1.54, 1.807) is 18.2 Å². The molecule has 2 heterocycles. The maximum Gasteiger partial charge on any atom is 0.321 e. The van der Waals surface area contributed by atoms with Crippen LogP contribution in [0, 0.1) is 12.7 Å². The Bertz CT molecular complexity index is 2250. The number of nitrogens with one attached hydrogen (secondary N) is 1. The van der Waals surface area contributed by atoms with E-state index in [1.807, 2.05) is 19.1 Å². The largest absolute Gasteiger partial charge is 0.455 e. The number of hydrogen-bond donors (Lipinski definition) is 1. The number of sulfonamides is 1. The minimum atomic E-state index is -3.90. The predicted octanol–water partition coefficient (Wildman–Crippen LogP) is 6.62. The summed E-state index contributed by atoms with van der Waals surface area (Å²) in [6, 6.07) is 16.1. The minimum Gasteiger partial charge on any atom is -0.455 e. The van der Waals surface area contributed by atoms with Crippen molar-refractivity contribution < 1.29 is 30.8 Å². The number of allylic oxidation sites excluding steroid dienone is 1. The minimum absolute atomic E-state index is 0.0582. The van der Waals surface area contributed by atoms with Crippen LogP contribution < -0.4 is 15.2 Å². The highest BCUT2D eigenvalue weighted by atomic mass is 32.2. The summed E-state index contributed by atoms with van der Waals surface area (Å²) >= 11 is 0. The van der Waals surface area contributed by atoms with E-state index in [-0.39, 0.29) is 55.8 Å². The van der Waals surface area contributed by atoms with Crippen LogP contribution in [-0.4, -0.2) is 39.2 Å². The first kappa shape index (κ1) is 30.9. The maximum atomic E-state index is 14.6. The fourth-order valence-corrected chi connectivity index (χ4v) is 6.19. The van der Waals surface area contributed by atoms with Crippen molar-refractivity contribution in [2.75, 3.05) is 24.7 Å². The number of carbonyl (C=O) groups is 1. The molecule has 1 N–H and O–H groups in total. The van der Waals surface area contributed by atoms with Gasteiger partial charge in [-0.3, -0.25) is 18.5 Å². The number of rotatable bonds is 7. The van der Waals surface area contributed by atoms with E-state index in [0.717, 1.165) is 22.3 Å². The molecule has 6 rings (SSSR count). The molecule has 8 nitrogen and oxygen atoms in total. The topological polar surface area (TPSA) is 102 Å². The number of alkyl halides is 2. The quantitative estimate of drug-likeness (QED) is 0.214. The second-order valence-electron chi connectivity index (χ2n) is 11.1. The third-order valence-corrected chi connectivity index (χ3v) is 9.36. The summed E-state index contributed by atoms with van der Waals surface area (Å²) in [5.41, 5.74) is 2.27. The third-order valence-electron chi connectivity index (χ3n) is 8.16. The van der Waals surface area contributed by atoms with Gasteiger partial charge in [0.1, 0.15) is 17.2 Å². The lowest BCUT2D eigenvalue weighted by Crippen LogP contribution is -2.26. The molecule has 3 aromatic carbocycles. The molecule has 12 heteroatoms. The molecule has 5 aromatic rings. The molecule has 2 aromatic heterocycles. The molecule has 0 radical (unpaired) electrons. The summed E-state index contributed by atoms with van der Waals surface area (Å²) in [6.07, 6.45) is 3.52. The van der Waals surface area contributed by atoms with Crippen LogP contribution in [0.3, 0.4) is 0 Å². The van der Waals surface area contributed by atoms with Crippen LogP contribution in [0.2, 0.25) is 0 Å². The number of benzene rings is 3. The number of amides is 1. The molecule has 0 fully saturated rings. The highest BCUT2D eigenvalue weighted by Crippen LogP contribution is 2.42. The van der Waals surface area contributed by atoms with Crippen molar-refractivity contribution in [3.05, 3.63) is 111 Å². The zero-order chi connectivity index (χ0) is 33.1. The lowest BCUT2D eigenvalue weighted by molar-refractivity contribution is 0.0664. The van der Waals surface area contributed by atoms with Crippen molar-refractivity contribution in [3.63, 3.8) is 0 Å². The molecule has 0 saturated heterocycles. The van der Waals surface area contributed by atoms with Crippen LogP contribution in [-0.2, 0) is 16.4 Å². The molecule has 0 atom stereocenters. The van der Waals surface area contributed by atoms with Gasteiger partial charge in [-0.05, 0) is 48.8 Å². The zero-order valence-electron chi connectivity index (χ0n) is 25.2. The van der Waals surface area contributed by atoms with Crippen LogP contribution in [0.25, 0.3) is 45.1 Å². The van der Waals surface area contributed by atoms with Crippen molar-refractivity contribution in [2.24, 2.45) is 0 Å². The van der Waals surface area contributed by atoms with Gasteiger partial charge in [-0.15, -0.1) is 0 Å². The smallest absolute Gasteiger partial charge is 0.321 e. The fraction of sp³-hybridized carbons (Fsp3) is 0.176. The first-order valence-corrected chi connectivity index (χ1v) is 16.0. The molecule has 0 spiro atoms. The second kappa shape index (κ2) is 11.4. The summed E-state index contributed by atoms with van der Waals surface area (Å²) in [7, 11) is -1.14. The van der Waals surface area contributed by atoms with E-state index >= 15 is 0 Å². The van der Waals surface area contributed by atoms with E-state index < -0.39 is 33.9 Å². The van der Waals surface area contributed by atoms with Gasteiger partial charge in [0.05, 0.1) is 17.5 Å². The molecule has 0 aliphatic heterocycles. The van der Waals surface area contributed by atoms with Crippen LogP contribution in [0.4, 0.5) is 18.9 Å². The monoisotopic (exact) mass is 647 g/mol. The molecule has 0 bridgehead atoms. The standard InChI is InChI=1S/C34H28F3N3O5S/c1-18-8-10-19(11-9-18)31-30(32(41)38-2)26-15-24(28(16-29(26)45-31)39(3)46(4,43)44)22-14-25(33(42)40(17-22)34(36)37)21-12-20-6-5-7-27(35)23(20)13-21/h5-11,13-17,34H,12H2,1-4H3,(H,38,41). The summed E-state index contributed by atoms with van der Waals surface area (Å²) in [5.74, 6) is -0.765. The van der Waals surface area contributed by atoms with Gasteiger partial charge in [0.2, 0.25) is 10.0 Å². The van der Waals surface area contributed by atoms with Gasteiger partial charge in [0.25, 0.3) is 11.5 Å². The van der Waals surface area contributed by atoms with Gasteiger partial charge >= 0.3 is 6.55 Å². The number of nitrogens with zero attached hydrogens (tertiary/aromatic N) is 2. The van der Waals surface area contributed by atoms with E-state index in [4.69, 9.17) is 4.42 Å². The van der Waals surface area contributed by atoms with E-state index in [1.165, 1.54) is 50.5 Å². The Morgan fingerprint density at radius 2 is 1.76 bits per heavy atom. The SMILES string of the molecule is CNC(=O)c1c(-c2ccc(C)cc2)oc2cc(N(C)S(C)(=O)=O)c(-c3cc(C4=Cc5c(F)cccc5C4)c(=O)n(C(F)F)c3)cc12. The average Bonchev–Trinajstić information content (AvgIpc) is 3.62. The molecule has 1 amide bonds. The number of carbonyl (C=O) groups excluding carboxylic acids is 1. The Labute approximate surface area is 262 Å². The van der Waals surface area contributed by atoms with Crippen molar-refractivity contribution in [2.45, 2.75) is 19.9 Å². The van der Waals surface area contributed by atoms with Gasteiger partial charge in [0.15, 0.2) is 0 Å². The van der Waals surface area contributed by atoms with Crippen LogP contribution in [0.1, 0.15) is 39.2 Å². The lowest BCUT2D eigenvalue weighted by atomic mass is 9.96. The number of furan rings is 1. The Balaban J connectivity index is 1.66. The molecule has 0 saturated carbocycles. The summed E-state index contributed by atoms with van der Waals surface area (Å²) in [6.45, 7) is -1.33. The number of halogens is 3. The van der Waals surface area contributed by atoms with Gasteiger partial charge in [-0.2, -0.15) is 8.78 Å². The van der Waals surface area contributed by atoms with Crippen molar-refractivity contribution >= 4 is 44.2 Å². The van der Waals surface area contributed by atoms with Crippen LogP contribution in [0.5, 0.6) is 0 Å². The second-order valence-corrected chi connectivity index (χ2v) is 13.2. The Kier molecular flexibility index (Phi) is 7.63. The molecule has 1 aliphatic rings. The highest BCUT2D eigenvalue weighted by molar-refractivity contribution is 7.92. The molecule has 1 aliphatic carbocycles. The van der Waals surface area contributed by atoms with Gasteiger partial charge in [0, 0.05) is 59.6 Å². The summed E-state index contributed by atoms with van der Waals surface area (Å²) in [5, 5.41) is 2.90. The molecule has 0 unspecified atom stereocenters. The van der Waals surface area contributed by atoms with E-state index in [0.29, 0.717) is 22.1 Å². The van der Waals surface area contributed by atoms with E-state index in [9.17, 15) is 31.2 Å². The average molecular weight is 648 g/mol. The fourth-order valence-electron chi connectivity index (χ4n) is 5.69. The van der Waals surface area contributed by atoms with Gasteiger partial charge in [-0.25, -0.2) is 12.8 Å². The molecular formula is C34H28F3N3O5S. The van der Waals surface area contributed by atoms with E-state index in [2.05, 4.69) is 5.32 Å². The number of fused-ring (bicyclic) bond motifs is 2.